The van der Waals surface area contributed by atoms with E-state index < -0.39 is 5.60 Å². The van der Waals surface area contributed by atoms with Crippen molar-refractivity contribution in [1.82, 2.24) is 4.90 Å². The number of piperidine rings is 1. The number of amides is 1. The van der Waals surface area contributed by atoms with E-state index in [0.29, 0.717) is 52.7 Å². The number of carbonyl (C=O) groups excluding carboxylic acids is 1. The average molecular weight is 726 g/mol. The van der Waals surface area contributed by atoms with Gasteiger partial charge in [0.1, 0.15) is 11.4 Å². The van der Waals surface area contributed by atoms with Crippen LogP contribution in [0.15, 0.2) is 97.1 Å². The minimum Gasteiger partial charge on any atom is -0.494 e. The molecule has 4 atom stereocenters. The Hall–Kier alpha value is -3.99. The van der Waals surface area contributed by atoms with Gasteiger partial charge < -0.3 is 38.1 Å². The number of hydrogen-bond acceptors (Lipinski definition) is 8. The SMILES string of the molecule is CC(C)(C)OC(=O)N1CC(OCCOC2CCCCO2)C(c2ccc(OCCCOCc3ccccc3)cc2)C(OCc2ccc3ccccc3c2)C1. The first-order chi connectivity index (χ1) is 25.8. The fraction of sp³-hybridized carbons (Fsp3) is 0.477. The van der Waals surface area contributed by atoms with Crippen LogP contribution in [0.1, 0.15) is 69.1 Å². The minimum atomic E-state index is -0.635. The molecule has 2 aliphatic heterocycles. The van der Waals surface area contributed by atoms with Crippen molar-refractivity contribution in [2.75, 3.05) is 46.1 Å². The predicted octanol–water partition coefficient (Wildman–Crippen LogP) is 8.67. The van der Waals surface area contributed by atoms with Gasteiger partial charge in [0.05, 0.1) is 64.9 Å². The fourth-order valence-corrected chi connectivity index (χ4v) is 6.85. The van der Waals surface area contributed by atoms with Gasteiger partial charge in [-0.15, -0.1) is 0 Å². The molecule has 9 nitrogen and oxygen atoms in total. The quantitative estimate of drug-likeness (QED) is 0.106. The Morgan fingerprint density at radius 3 is 2.23 bits per heavy atom. The molecule has 4 aromatic rings. The molecule has 2 saturated heterocycles. The number of likely N-dealkylation sites (tertiary alicyclic amines) is 1. The number of rotatable bonds is 16. The lowest BCUT2D eigenvalue weighted by atomic mass is 9.84. The van der Waals surface area contributed by atoms with Crippen LogP contribution >= 0.6 is 0 Å². The summed E-state index contributed by atoms with van der Waals surface area (Å²) in [5.74, 6) is 0.621. The second-order valence-corrected chi connectivity index (χ2v) is 14.8. The fourth-order valence-electron chi connectivity index (χ4n) is 6.85. The molecule has 0 aromatic heterocycles. The Bertz CT molecular complexity index is 1690. The molecular weight excluding hydrogens is 670 g/mol. The number of nitrogens with zero attached hydrogens (tertiary/aromatic N) is 1. The largest absolute Gasteiger partial charge is 0.494 e. The highest BCUT2D eigenvalue weighted by molar-refractivity contribution is 5.82. The minimum absolute atomic E-state index is 0.166. The Morgan fingerprint density at radius 2 is 1.47 bits per heavy atom. The van der Waals surface area contributed by atoms with Gasteiger partial charge in [-0.25, -0.2) is 4.79 Å². The first kappa shape index (κ1) is 38.7. The molecule has 1 amide bonds. The predicted molar refractivity (Wildman–Crippen MR) is 205 cm³/mol. The van der Waals surface area contributed by atoms with Crippen LogP contribution in [0.5, 0.6) is 5.75 Å². The van der Waals surface area contributed by atoms with Gasteiger partial charge in [-0.1, -0.05) is 78.9 Å². The monoisotopic (exact) mass is 725 g/mol. The Labute approximate surface area is 314 Å². The molecule has 0 saturated carbocycles. The standard InChI is InChI=1S/C44H55NO8/c1-44(2,3)53-43(46)45-29-39(49-26-27-51-41-16-9-10-24-50-41)42(40(30-45)52-32-34-17-18-35-14-7-8-15-37(35)28-34)36-19-21-38(22-20-36)48-25-11-23-47-31-33-12-5-4-6-13-33/h4-8,12-15,17-22,28,39-42H,9-11,16,23-27,29-32H2,1-3H3. The molecule has 9 heteroatoms. The number of hydrogen-bond donors (Lipinski definition) is 0. The highest BCUT2D eigenvalue weighted by atomic mass is 16.7. The number of benzene rings is 4. The maximum Gasteiger partial charge on any atom is 0.410 e. The van der Waals surface area contributed by atoms with E-state index in [1.54, 1.807) is 4.90 Å². The van der Waals surface area contributed by atoms with Gasteiger partial charge in [-0.3, -0.25) is 0 Å². The van der Waals surface area contributed by atoms with Crippen LogP contribution in [-0.4, -0.2) is 81.2 Å². The summed E-state index contributed by atoms with van der Waals surface area (Å²) in [5.41, 5.74) is 2.64. The molecule has 0 bridgehead atoms. The molecule has 0 radical (unpaired) electrons. The molecule has 0 aliphatic carbocycles. The van der Waals surface area contributed by atoms with Crippen molar-refractivity contribution >= 4 is 16.9 Å². The van der Waals surface area contributed by atoms with Crippen LogP contribution in [0.3, 0.4) is 0 Å². The molecule has 0 N–H and O–H groups in total. The van der Waals surface area contributed by atoms with Gasteiger partial charge in [0.25, 0.3) is 0 Å². The van der Waals surface area contributed by atoms with Crippen molar-refractivity contribution < 1.29 is 38.0 Å². The summed E-state index contributed by atoms with van der Waals surface area (Å²) in [6.45, 7) is 9.98. The van der Waals surface area contributed by atoms with Crippen molar-refractivity contribution in [3.05, 3.63) is 114 Å². The zero-order valence-corrected chi connectivity index (χ0v) is 31.5. The topological polar surface area (TPSA) is 84.9 Å². The first-order valence-electron chi connectivity index (χ1n) is 19.1. The van der Waals surface area contributed by atoms with E-state index in [0.717, 1.165) is 60.1 Å². The molecule has 2 heterocycles. The van der Waals surface area contributed by atoms with Crippen molar-refractivity contribution in [2.45, 2.75) is 89.7 Å². The summed E-state index contributed by atoms with van der Waals surface area (Å²) in [7, 11) is 0. The van der Waals surface area contributed by atoms with Gasteiger partial charge in [0.15, 0.2) is 6.29 Å². The van der Waals surface area contributed by atoms with Crippen LogP contribution in [-0.2, 0) is 41.6 Å². The van der Waals surface area contributed by atoms with Crippen LogP contribution in [0.4, 0.5) is 4.79 Å². The molecule has 6 rings (SSSR count). The maximum atomic E-state index is 13.5. The van der Waals surface area contributed by atoms with E-state index in [1.165, 1.54) is 5.39 Å². The number of ether oxygens (including phenoxy) is 7. The lowest BCUT2D eigenvalue weighted by Crippen LogP contribution is -2.55. The van der Waals surface area contributed by atoms with Crippen molar-refractivity contribution in [2.24, 2.45) is 0 Å². The van der Waals surface area contributed by atoms with Crippen molar-refractivity contribution in [3.8, 4) is 5.75 Å². The molecule has 4 unspecified atom stereocenters. The summed E-state index contributed by atoms with van der Waals surface area (Å²) in [6, 6.07) is 33.0. The van der Waals surface area contributed by atoms with E-state index in [1.807, 2.05) is 63.2 Å². The Balaban J connectivity index is 1.15. The van der Waals surface area contributed by atoms with Crippen LogP contribution in [0.2, 0.25) is 0 Å². The second kappa shape index (κ2) is 19.4. The number of carbonyl (C=O) groups is 1. The van der Waals surface area contributed by atoms with Crippen LogP contribution < -0.4 is 4.74 Å². The zero-order valence-electron chi connectivity index (χ0n) is 31.5. The molecule has 284 valence electrons. The van der Waals surface area contributed by atoms with E-state index >= 15 is 0 Å². The third kappa shape index (κ3) is 12.0. The summed E-state index contributed by atoms with van der Waals surface area (Å²) >= 11 is 0. The first-order valence-corrected chi connectivity index (χ1v) is 19.1. The molecule has 4 aromatic carbocycles. The molecular formula is C44H55NO8. The second-order valence-electron chi connectivity index (χ2n) is 14.8. The van der Waals surface area contributed by atoms with Gasteiger partial charge in [0, 0.05) is 18.9 Å². The maximum absolute atomic E-state index is 13.5. The highest BCUT2D eigenvalue weighted by Crippen LogP contribution is 2.35. The van der Waals surface area contributed by atoms with Crippen LogP contribution in [0, 0.1) is 0 Å². The molecule has 53 heavy (non-hydrogen) atoms. The van der Waals surface area contributed by atoms with Crippen molar-refractivity contribution in [1.29, 1.82) is 0 Å². The highest BCUT2D eigenvalue weighted by Gasteiger charge is 2.42. The number of fused-ring (bicyclic) bond motifs is 1. The smallest absolute Gasteiger partial charge is 0.410 e. The Kier molecular flexibility index (Phi) is 14.2. The third-order valence-corrected chi connectivity index (χ3v) is 9.47. The van der Waals surface area contributed by atoms with E-state index in [4.69, 9.17) is 33.2 Å². The molecule has 2 fully saturated rings. The van der Waals surface area contributed by atoms with Crippen molar-refractivity contribution in [3.63, 3.8) is 0 Å². The molecule has 2 aliphatic rings. The van der Waals surface area contributed by atoms with E-state index in [-0.39, 0.29) is 30.5 Å². The normalized spacial score (nSPS) is 20.7. The van der Waals surface area contributed by atoms with Gasteiger partial charge in [0.2, 0.25) is 0 Å². The Morgan fingerprint density at radius 1 is 0.736 bits per heavy atom. The van der Waals surface area contributed by atoms with Gasteiger partial charge in [-0.05, 0) is 85.7 Å². The zero-order chi connectivity index (χ0) is 36.9. The summed E-state index contributed by atoms with van der Waals surface area (Å²) < 4.78 is 42.9. The van der Waals surface area contributed by atoms with E-state index in [9.17, 15) is 4.79 Å². The van der Waals surface area contributed by atoms with E-state index in [2.05, 4.69) is 54.6 Å². The lowest BCUT2D eigenvalue weighted by molar-refractivity contribution is -0.175. The van der Waals surface area contributed by atoms with Gasteiger partial charge >= 0.3 is 6.09 Å². The summed E-state index contributed by atoms with van der Waals surface area (Å²) in [6.07, 6.45) is 2.50. The summed E-state index contributed by atoms with van der Waals surface area (Å²) in [5, 5.41) is 2.34. The average Bonchev–Trinajstić information content (AvgIpc) is 3.17. The van der Waals surface area contributed by atoms with Crippen LogP contribution in [0.25, 0.3) is 10.8 Å². The molecule has 0 spiro atoms. The summed E-state index contributed by atoms with van der Waals surface area (Å²) in [4.78, 5) is 15.2. The van der Waals surface area contributed by atoms with Gasteiger partial charge in [-0.2, -0.15) is 0 Å². The third-order valence-electron chi connectivity index (χ3n) is 9.47. The lowest BCUT2D eigenvalue weighted by Gasteiger charge is -2.43.